The number of anilines is 1. The third-order valence-electron chi connectivity index (χ3n) is 7.91. The van der Waals surface area contributed by atoms with Crippen LogP contribution in [0.2, 0.25) is 0 Å². The Kier molecular flexibility index (Phi) is 10.3. The van der Waals surface area contributed by atoms with Crippen LogP contribution in [-0.4, -0.2) is 66.0 Å². The molecule has 3 unspecified atom stereocenters. The predicted octanol–water partition coefficient (Wildman–Crippen LogP) is 5.96. The van der Waals surface area contributed by atoms with Gasteiger partial charge in [-0.05, 0) is 62.1 Å². The van der Waals surface area contributed by atoms with Crippen molar-refractivity contribution >= 4 is 29.0 Å². The summed E-state index contributed by atoms with van der Waals surface area (Å²) >= 11 is 1.64. The van der Waals surface area contributed by atoms with E-state index >= 15 is 0 Å². The Bertz CT molecular complexity index is 1460. The molecule has 2 aromatic carbocycles. The number of ether oxygens (including phenoxy) is 2. The van der Waals surface area contributed by atoms with Crippen LogP contribution < -0.4 is 20.1 Å². The molecule has 0 bridgehead atoms. The molecular weight excluding hydrogens is 611 g/mol. The summed E-state index contributed by atoms with van der Waals surface area (Å²) in [6, 6.07) is 9.17. The van der Waals surface area contributed by atoms with Crippen LogP contribution in [0.4, 0.5) is 32.4 Å². The fourth-order valence-electron chi connectivity index (χ4n) is 5.88. The van der Waals surface area contributed by atoms with Crippen molar-refractivity contribution in [2.24, 2.45) is 0 Å². The van der Waals surface area contributed by atoms with Crippen molar-refractivity contribution in [2.45, 2.75) is 55.9 Å². The van der Waals surface area contributed by atoms with Gasteiger partial charge in [-0.15, -0.1) is 11.3 Å². The summed E-state index contributed by atoms with van der Waals surface area (Å²) in [5.74, 6) is -3.31. The number of fused-ring (bicyclic) bond motifs is 1. The van der Waals surface area contributed by atoms with Crippen molar-refractivity contribution in [2.75, 3.05) is 26.1 Å². The lowest BCUT2D eigenvalue weighted by molar-refractivity contribution is -0.192. The van der Waals surface area contributed by atoms with Crippen LogP contribution in [0.25, 0.3) is 0 Å². The number of carbonyl (C=O) groups is 2. The molecule has 15 heteroatoms. The summed E-state index contributed by atoms with van der Waals surface area (Å²) in [7, 11) is 3.28. The number of alkyl halides is 3. The molecule has 1 aliphatic carbocycles. The second-order valence-electron chi connectivity index (χ2n) is 10.4. The number of urea groups is 1. The van der Waals surface area contributed by atoms with Gasteiger partial charge in [0.2, 0.25) is 0 Å². The van der Waals surface area contributed by atoms with Crippen LogP contribution >= 0.6 is 11.3 Å². The summed E-state index contributed by atoms with van der Waals surface area (Å²) in [6.07, 6.45) is 0.168. The number of nitrogens with zero attached hydrogens (tertiary/aromatic N) is 2. The highest BCUT2D eigenvalue weighted by molar-refractivity contribution is 7.09. The molecule has 0 radical (unpaired) electrons. The smallest absolute Gasteiger partial charge is 0.490 e. The zero-order chi connectivity index (χ0) is 32.1. The highest BCUT2D eigenvalue weighted by atomic mass is 32.1. The SMILES string of the molecule is COc1ccc(C23CCC(NC(=O)Nc4ccc(F)c(F)c4)CC2N(Cc2nccs2)CC3)cc1OC.O=C(O)C(F)(F)F. The Balaban J connectivity index is 0.000000566. The number of benzene rings is 2. The van der Waals surface area contributed by atoms with Gasteiger partial charge in [-0.1, -0.05) is 6.07 Å². The van der Waals surface area contributed by atoms with Crippen LogP contribution in [0.5, 0.6) is 11.5 Å². The second-order valence-corrected chi connectivity index (χ2v) is 11.4. The second kappa shape index (κ2) is 13.8. The van der Waals surface area contributed by atoms with Crippen LogP contribution in [0, 0.1) is 11.6 Å². The number of likely N-dealkylation sites (tertiary alicyclic amines) is 1. The van der Waals surface area contributed by atoms with E-state index in [0.29, 0.717) is 11.5 Å². The van der Waals surface area contributed by atoms with Crippen LogP contribution in [-0.2, 0) is 16.8 Å². The van der Waals surface area contributed by atoms with E-state index in [1.165, 1.54) is 11.6 Å². The summed E-state index contributed by atoms with van der Waals surface area (Å²) < 4.78 is 69.6. The Morgan fingerprint density at radius 2 is 1.82 bits per heavy atom. The highest BCUT2D eigenvalue weighted by Crippen LogP contribution is 2.50. The molecule has 238 valence electrons. The molecule has 44 heavy (non-hydrogen) atoms. The summed E-state index contributed by atoms with van der Waals surface area (Å²) in [5, 5.41) is 15.9. The van der Waals surface area contributed by atoms with Gasteiger partial charge in [-0.2, -0.15) is 13.2 Å². The number of carboxylic acids is 1. The molecule has 3 aromatic rings. The molecule has 2 fully saturated rings. The third-order valence-corrected chi connectivity index (χ3v) is 8.67. The third kappa shape index (κ3) is 7.56. The van der Waals surface area contributed by atoms with Gasteiger partial charge in [-0.3, -0.25) is 4.90 Å². The van der Waals surface area contributed by atoms with Gasteiger partial charge in [0.05, 0.1) is 20.8 Å². The van der Waals surface area contributed by atoms with Crippen molar-refractivity contribution in [3.05, 3.63) is 70.2 Å². The molecule has 1 aromatic heterocycles. The number of rotatable bonds is 7. The molecule has 3 N–H and O–H groups in total. The molecular formula is C29H31F5N4O5S. The first-order chi connectivity index (χ1) is 20.9. The molecule has 2 aliphatic rings. The molecule has 2 heterocycles. The monoisotopic (exact) mass is 642 g/mol. The first-order valence-corrected chi connectivity index (χ1v) is 14.4. The van der Waals surface area contributed by atoms with Gasteiger partial charge < -0.3 is 25.2 Å². The largest absolute Gasteiger partial charge is 0.493 e. The normalized spacial score (nSPS) is 21.4. The first-order valence-electron chi connectivity index (χ1n) is 13.5. The predicted molar refractivity (Wildman–Crippen MR) is 152 cm³/mol. The Hall–Kier alpha value is -3.98. The maximum atomic E-state index is 13.6. The fourth-order valence-corrected chi connectivity index (χ4v) is 6.52. The van der Waals surface area contributed by atoms with E-state index < -0.39 is 29.8 Å². The number of amides is 2. The average molecular weight is 643 g/mol. The van der Waals surface area contributed by atoms with Crippen molar-refractivity contribution in [1.29, 1.82) is 0 Å². The Morgan fingerprint density at radius 3 is 2.43 bits per heavy atom. The quantitative estimate of drug-likeness (QED) is 0.273. The molecule has 3 atom stereocenters. The molecule has 0 spiro atoms. The number of carbonyl (C=O) groups excluding carboxylic acids is 1. The number of halogens is 5. The van der Waals surface area contributed by atoms with Gasteiger partial charge in [0.15, 0.2) is 23.1 Å². The summed E-state index contributed by atoms with van der Waals surface area (Å²) in [4.78, 5) is 28.6. The number of aromatic nitrogens is 1. The number of aliphatic carboxylic acids is 1. The van der Waals surface area contributed by atoms with E-state index in [1.807, 2.05) is 17.6 Å². The minimum absolute atomic E-state index is 0.0690. The van der Waals surface area contributed by atoms with Crippen molar-refractivity contribution in [1.82, 2.24) is 15.2 Å². The van der Waals surface area contributed by atoms with Gasteiger partial charge in [0, 0.05) is 40.8 Å². The number of carboxylic acid groups (broad SMARTS) is 1. The first kappa shape index (κ1) is 32.9. The van der Waals surface area contributed by atoms with Crippen molar-refractivity contribution in [3.63, 3.8) is 0 Å². The van der Waals surface area contributed by atoms with E-state index in [1.54, 1.807) is 25.6 Å². The Labute approximate surface area is 254 Å². The molecule has 5 rings (SSSR count). The Morgan fingerprint density at radius 1 is 1.09 bits per heavy atom. The fraction of sp³-hybridized carbons (Fsp3) is 0.414. The van der Waals surface area contributed by atoms with Gasteiger partial charge in [0.1, 0.15) is 5.01 Å². The molecule has 1 saturated carbocycles. The lowest BCUT2D eigenvalue weighted by atomic mass is 9.65. The maximum absolute atomic E-state index is 13.6. The van der Waals surface area contributed by atoms with Gasteiger partial charge in [0.25, 0.3) is 0 Å². The highest BCUT2D eigenvalue weighted by Gasteiger charge is 2.52. The van der Waals surface area contributed by atoms with E-state index in [0.717, 1.165) is 55.9 Å². The average Bonchev–Trinajstić information content (AvgIpc) is 3.63. The number of methoxy groups -OCH3 is 2. The topological polar surface area (TPSA) is 113 Å². The molecule has 2 amide bonds. The van der Waals surface area contributed by atoms with E-state index in [2.05, 4.69) is 32.7 Å². The van der Waals surface area contributed by atoms with Crippen molar-refractivity contribution < 1.29 is 46.1 Å². The number of thiazole rings is 1. The molecule has 1 aliphatic heterocycles. The minimum atomic E-state index is -5.08. The zero-order valence-electron chi connectivity index (χ0n) is 23.8. The number of hydrogen-bond donors (Lipinski definition) is 3. The summed E-state index contributed by atoms with van der Waals surface area (Å²) in [6.45, 7) is 1.68. The number of hydrogen-bond acceptors (Lipinski definition) is 7. The zero-order valence-corrected chi connectivity index (χ0v) is 24.6. The maximum Gasteiger partial charge on any atom is 0.490 e. The van der Waals surface area contributed by atoms with Crippen LogP contribution in [0.3, 0.4) is 0 Å². The van der Waals surface area contributed by atoms with Gasteiger partial charge in [-0.25, -0.2) is 23.4 Å². The lowest BCUT2D eigenvalue weighted by Crippen LogP contribution is -2.52. The van der Waals surface area contributed by atoms with E-state index in [9.17, 15) is 26.7 Å². The summed E-state index contributed by atoms with van der Waals surface area (Å²) in [5.41, 5.74) is 1.32. The number of nitrogens with one attached hydrogen (secondary N) is 2. The lowest BCUT2D eigenvalue weighted by Gasteiger charge is -2.45. The van der Waals surface area contributed by atoms with E-state index in [-0.39, 0.29) is 23.2 Å². The van der Waals surface area contributed by atoms with E-state index in [4.69, 9.17) is 19.4 Å². The minimum Gasteiger partial charge on any atom is -0.493 e. The van der Waals surface area contributed by atoms with Crippen LogP contribution in [0.15, 0.2) is 48.0 Å². The van der Waals surface area contributed by atoms with Crippen LogP contribution in [0.1, 0.15) is 36.3 Å². The van der Waals surface area contributed by atoms with Crippen molar-refractivity contribution in [3.8, 4) is 11.5 Å². The standard InChI is InChI=1S/C27H30F2N4O3S.C2HF3O2/c1-35-22-6-3-17(13-23(22)36-2)27-8-7-19(32-26(34)31-18-4-5-20(28)21(29)14-18)15-24(27)33(11-9-27)16-25-30-10-12-37-25;3-2(4,5)1(6)7/h3-6,10,12-14,19,24H,7-9,11,15-16H2,1-2H3,(H2,31,32,34);(H,6,7). The molecule has 1 saturated heterocycles. The van der Waals surface area contributed by atoms with Gasteiger partial charge >= 0.3 is 18.2 Å². The molecule has 9 nitrogen and oxygen atoms in total.